The lowest BCUT2D eigenvalue weighted by atomic mass is 10.1. The molecule has 0 aliphatic carbocycles. The summed E-state index contributed by atoms with van der Waals surface area (Å²) < 4.78 is 0. The molecule has 0 fully saturated rings. The van der Waals surface area contributed by atoms with Gasteiger partial charge in [-0.2, -0.15) is 5.10 Å². The number of hydrogen-bond donors (Lipinski definition) is 2. The minimum Gasteiger partial charge on any atom is -0.478 e. The molecule has 0 saturated heterocycles. The maximum Gasteiger partial charge on any atom is 0.339 e. The number of aromatic nitrogens is 2. The molecule has 86 valence electrons. The van der Waals surface area contributed by atoms with E-state index in [2.05, 4.69) is 10.2 Å². The molecule has 2 rings (SSSR count). The number of hydrogen-bond acceptors (Lipinski definition) is 4. The van der Waals surface area contributed by atoms with E-state index in [-0.39, 0.29) is 22.5 Å². The van der Waals surface area contributed by atoms with Crippen LogP contribution in [-0.4, -0.2) is 26.2 Å². The first-order chi connectivity index (χ1) is 8.11. The summed E-state index contributed by atoms with van der Waals surface area (Å²) in [6, 6.07) is 5.88. The van der Waals surface area contributed by atoms with Crippen molar-refractivity contribution in [2.75, 3.05) is 0 Å². The summed E-state index contributed by atoms with van der Waals surface area (Å²) in [4.78, 5) is 21.2. The Morgan fingerprint density at radius 2 is 2.12 bits per heavy atom. The number of H-pyrrole nitrogens is 1. The largest absolute Gasteiger partial charge is 0.478 e. The van der Waals surface area contributed by atoms with Crippen molar-refractivity contribution in [3.05, 3.63) is 46.1 Å². The van der Waals surface area contributed by atoms with Crippen LogP contribution in [0.5, 0.6) is 0 Å². The Morgan fingerprint density at radius 3 is 2.76 bits per heavy atom. The van der Waals surface area contributed by atoms with Crippen LogP contribution in [0, 0.1) is 10.1 Å². The maximum atomic E-state index is 10.9. The molecule has 0 atom stereocenters. The molecule has 0 bridgehead atoms. The third-order valence-corrected chi connectivity index (χ3v) is 2.24. The van der Waals surface area contributed by atoms with Gasteiger partial charge in [0.15, 0.2) is 0 Å². The minimum atomic E-state index is -1.19. The first kappa shape index (κ1) is 10.8. The van der Waals surface area contributed by atoms with Crippen LogP contribution in [0.3, 0.4) is 0 Å². The highest BCUT2D eigenvalue weighted by Gasteiger charge is 2.21. The van der Waals surface area contributed by atoms with Crippen LogP contribution in [-0.2, 0) is 0 Å². The number of nitro groups is 1. The molecule has 0 amide bonds. The lowest BCUT2D eigenvalue weighted by Crippen LogP contribution is -1.99. The first-order valence-electron chi connectivity index (χ1n) is 4.61. The van der Waals surface area contributed by atoms with Crippen LogP contribution in [0.1, 0.15) is 10.4 Å². The molecule has 0 spiro atoms. The van der Waals surface area contributed by atoms with Crippen LogP contribution in [0.15, 0.2) is 30.5 Å². The van der Waals surface area contributed by atoms with Gasteiger partial charge in [0.2, 0.25) is 0 Å². The highest BCUT2D eigenvalue weighted by molar-refractivity contribution is 5.95. The Bertz CT molecular complexity index is 591. The standard InChI is InChI=1S/C10H7N3O4/c14-10(15)7-5-11-12-9(7)6-3-1-2-4-8(6)13(16)17/h1-5H,(H,11,12)(H,14,15). The molecule has 0 unspecified atom stereocenters. The molecule has 1 aromatic carbocycles. The molecule has 7 nitrogen and oxygen atoms in total. The average molecular weight is 233 g/mol. The number of para-hydroxylation sites is 1. The predicted octanol–water partition coefficient (Wildman–Crippen LogP) is 1.68. The van der Waals surface area contributed by atoms with Gasteiger partial charge in [-0.05, 0) is 6.07 Å². The fraction of sp³-hybridized carbons (Fsp3) is 0. The van der Waals surface area contributed by atoms with Crippen molar-refractivity contribution in [1.29, 1.82) is 0 Å². The molecule has 0 aliphatic rings. The van der Waals surface area contributed by atoms with E-state index in [1.54, 1.807) is 6.07 Å². The molecule has 1 heterocycles. The second kappa shape index (κ2) is 4.05. The maximum absolute atomic E-state index is 10.9. The topological polar surface area (TPSA) is 109 Å². The van der Waals surface area contributed by atoms with Crippen LogP contribution in [0.25, 0.3) is 11.3 Å². The van der Waals surface area contributed by atoms with Gasteiger partial charge in [-0.25, -0.2) is 4.79 Å². The van der Waals surface area contributed by atoms with Gasteiger partial charge in [0.25, 0.3) is 5.69 Å². The molecule has 7 heteroatoms. The van der Waals surface area contributed by atoms with Gasteiger partial charge in [-0.1, -0.05) is 12.1 Å². The Kier molecular flexibility index (Phi) is 2.57. The molecular weight excluding hydrogens is 226 g/mol. The minimum absolute atomic E-state index is 0.0979. The number of rotatable bonds is 3. The van der Waals surface area contributed by atoms with Crippen molar-refractivity contribution in [1.82, 2.24) is 10.2 Å². The summed E-state index contributed by atoms with van der Waals surface area (Å²) in [7, 11) is 0. The molecular formula is C10H7N3O4. The summed E-state index contributed by atoms with van der Waals surface area (Å²) in [6.45, 7) is 0. The second-order valence-electron chi connectivity index (χ2n) is 3.24. The van der Waals surface area contributed by atoms with E-state index in [1.807, 2.05) is 0 Å². The summed E-state index contributed by atoms with van der Waals surface area (Å²) >= 11 is 0. The van der Waals surface area contributed by atoms with E-state index >= 15 is 0 Å². The van der Waals surface area contributed by atoms with Crippen molar-refractivity contribution in [3.63, 3.8) is 0 Å². The zero-order valence-electron chi connectivity index (χ0n) is 8.45. The summed E-state index contributed by atoms with van der Waals surface area (Å²) in [6.07, 6.45) is 1.12. The molecule has 17 heavy (non-hydrogen) atoms. The van der Waals surface area contributed by atoms with Crippen molar-refractivity contribution >= 4 is 11.7 Å². The number of aromatic amines is 1. The van der Waals surface area contributed by atoms with Crippen LogP contribution >= 0.6 is 0 Å². The molecule has 0 radical (unpaired) electrons. The second-order valence-corrected chi connectivity index (χ2v) is 3.24. The van der Waals surface area contributed by atoms with Crippen LogP contribution in [0.2, 0.25) is 0 Å². The number of carboxylic acid groups (broad SMARTS) is 1. The SMILES string of the molecule is O=C(O)c1cn[nH]c1-c1ccccc1[N+](=O)[O-]. The molecule has 0 aliphatic heterocycles. The van der Waals surface area contributed by atoms with E-state index in [9.17, 15) is 14.9 Å². The third-order valence-electron chi connectivity index (χ3n) is 2.24. The summed E-state index contributed by atoms with van der Waals surface area (Å²) in [5.74, 6) is -1.19. The number of nitro benzene ring substituents is 1. The number of carboxylic acids is 1. The van der Waals surface area contributed by atoms with Gasteiger partial charge >= 0.3 is 5.97 Å². The first-order valence-corrected chi connectivity index (χ1v) is 4.61. The van der Waals surface area contributed by atoms with Gasteiger partial charge < -0.3 is 5.11 Å². The van der Waals surface area contributed by atoms with E-state index in [0.717, 1.165) is 6.20 Å². The van der Waals surface area contributed by atoms with Crippen LogP contribution in [0.4, 0.5) is 5.69 Å². The Balaban J connectivity index is 2.64. The van der Waals surface area contributed by atoms with Crippen molar-refractivity contribution in [3.8, 4) is 11.3 Å². The third kappa shape index (κ3) is 1.85. The van der Waals surface area contributed by atoms with Gasteiger partial charge in [0.05, 0.1) is 22.4 Å². The van der Waals surface area contributed by atoms with Crippen molar-refractivity contribution in [2.45, 2.75) is 0 Å². The van der Waals surface area contributed by atoms with E-state index in [1.165, 1.54) is 18.2 Å². The summed E-state index contributed by atoms with van der Waals surface area (Å²) in [5.41, 5.74) is 0.0655. The highest BCUT2D eigenvalue weighted by atomic mass is 16.6. The van der Waals surface area contributed by atoms with E-state index in [4.69, 9.17) is 5.11 Å². The van der Waals surface area contributed by atoms with Gasteiger partial charge in [-0.15, -0.1) is 0 Å². The summed E-state index contributed by atoms with van der Waals surface area (Å²) in [5, 5.41) is 25.8. The Hall–Kier alpha value is -2.70. The van der Waals surface area contributed by atoms with Gasteiger partial charge in [0.1, 0.15) is 5.56 Å². The Labute approximate surface area is 94.9 Å². The Morgan fingerprint density at radius 1 is 1.41 bits per heavy atom. The number of aromatic carboxylic acids is 1. The zero-order chi connectivity index (χ0) is 12.4. The monoisotopic (exact) mass is 233 g/mol. The number of nitrogens with one attached hydrogen (secondary N) is 1. The molecule has 0 saturated carbocycles. The average Bonchev–Trinajstić information content (AvgIpc) is 2.77. The molecule has 2 N–H and O–H groups in total. The molecule has 2 aromatic rings. The lowest BCUT2D eigenvalue weighted by Gasteiger charge is -2.01. The smallest absolute Gasteiger partial charge is 0.339 e. The lowest BCUT2D eigenvalue weighted by molar-refractivity contribution is -0.384. The van der Waals surface area contributed by atoms with E-state index in [0.29, 0.717) is 0 Å². The molecule has 1 aromatic heterocycles. The van der Waals surface area contributed by atoms with Crippen molar-refractivity contribution < 1.29 is 14.8 Å². The fourth-order valence-electron chi connectivity index (χ4n) is 1.50. The number of carbonyl (C=O) groups is 1. The quantitative estimate of drug-likeness (QED) is 0.619. The van der Waals surface area contributed by atoms with Gasteiger partial charge in [-0.3, -0.25) is 15.2 Å². The van der Waals surface area contributed by atoms with Crippen molar-refractivity contribution in [2.24, 2.45) is 0 Å². The zero-order valence-corrected chi connectivity index (χ0v) is 8.45. The number of benzene rings is 1. The van der Waals surface area contributed by atoms with Crippen LogP contribution < -0.4 is 0 Å². The predicted molar refractivity (Wildman–Crippen MR) is 57.6 cm³/mol. The number of nitrogens with zero attached hydrogens (tertiary/aromatic N) is 2. The van der Waals surface area contributed by atoms with Gasteiger partial charge in [0, 0.05) is 6.07 Å². The van der Waals surface area contributed by atoms with E-state index < -0.39 is 10.9 Å². The fourth-order valence-corrected chi connectivity index (χ4v) is 1.50. The highest BCUT2D eigenvalue weighted by Crippen LogP contribution is 2.30. The normalized spacial score (nSPS) is 10.1.